The Labute approximate surface area is 209 Å². The largest absolute Gasteiger partial charge is 0.444 e. The first-order valence-corrected chi connectivity index (χ1v) is 11.8. The fourth-order valence-electron chi connectivity index (χ4n) is 3.87. The molecular weight excluding hydrogens is 468 g/mol. The number of anilines is 2. The predicted molar refractivity (Wildman–Crippen MR) is 135 cm³/mol. The van der Waals surface area contributed by atoms with Crippen LogP contribution in [-0.4, -0.2) is 50.4 Å². The molecule has 0 aliphatic carbocycles. The molecule has 3 aromatic rings. The molecule has 10 heteroatoms. The molecule has 0 unspecified atom stereocenters. The number of ether oxygens (including phenoxy) is 1. The summed E-state index contributed by atoms with van der Waals surface area (Å²) in [6, 6.07) is 8.69. The average molecular weight is 497 g/mol. The number of carbonyl (C=O) groups excluding carboxylic acids is 2. The fourth-order valence-corrected chi connectivity index (χ4v) is 4.00. The van der Waals surface area contributed by atoms with Crippen LogP contribution in [0.15, 0.2) is 48.9 Å². The van der Waals surface area contributed by atoms with Crippen molar-refractivity contribution in [3.63, 3.8) is 0 Å². The number of aromatic nitrogens is 3. The SMILES string of the molecule is CC(C)(C)OC(=O)N1CCC(n2cc(-c3cnc(N)c(C(=O)Nc4ccc(Cl)cc4)c3)cn2)CC1. The zero-order chi connectivity index (χ0) is 25.2. The Morgan fingerprint density at radius 1 is 1.11 bits per heavy atom. The van der Waals surface area contributed by atoms with Gasteiger partial charge in [0.25, 0.3) is 5.91 Å². The minimum Gasteiger partial charge on any atom is -0.444 e. The quantitative estimate of drug-likeness (QED) is 0.524. The Balaban J connectivity index is 1.43. The van der Waals surface area contributed by atoms with Gasteiger partial charge in [-0.15, -0.1) is 0 Å². The normalized spacial score (nSPS) is 14.6. The van der Waals surface area contributed by atoms with Crippen molar-refractivity contribution in [2.45, 2.75) is 45.3 Å². The molecule has 3 heterocycles. The van der Waals surface area contributed by atoms with Gasteiger partial charge < -0.3 is 20.7 Å². The summed E-state index contributed by atoms with van der Waals surface area (Å²) in [7, 11) is 0. The molecule has 35 heavy (non-hydrogen) atoms. The minimum atomic E-state index is -0.511. The van der Waals surface area contributed by atoms with E-state index in [-0.39, 0.29) is 29.4 Å². The number of likely N-dealkylation sites (tertiary alicyclic amines) is 1. The average Bonchev–Trinajstić information content (AvgIpc) is 3.30. The van der Waals surface area contributed by atoms with Crippen molar-refractivity contribution in [2.24, 2.45) is 0 Å². The maximum atomic E-state index is 12.8. The van der Waals surface area contributed by atoms with E-state index in [4.69, 9.17) is 22.1 Å². The lowest BCUT2D eigenvalue weighted by atomic mass is 10.1. The van der Waals surface area contributed by atoms with Crippen molar-refractivity contribution in [3.8, 4) is 11.1 Å². The molecule has 2 aromatic heterocycles. The summed E-state index contributed by atoms with van der Waals surface area (Å²) in [6.07, 6.45) is 6.57. The molecule has 4 rings (SSSR count). The number of carbonyl (C=O) groups is 2. The highest BCUT2D eigenvalue weighted by Crippen LogP contribution is 2.27. The third-order valence-corrected chi connectivity index (χ3v) is 5.94. The number of benzene rings is 1. The molecule has 2 amide bonds. The van der Waals surface area contributed by atoms with Crippen molar-refractivity contribution >= 4 is 35.1 Å². The monoisotopic (exact) mass is 496 g/mol. The lowest BCUT2D eigenvalue weighted by Crippen LogP contribution is -2.42. The fraction of sp³-hybridized carbons (Fsp3) is 0.360. The summed E-state index contributed by atoms with van der Waals surface area (Å²) in [4.78, 5) is 31.1. The third kappa shape index (κ3) is 6.10. The lowest BCUT2D eigenvalue weighted by Gasteiger charge is -2.33. The Morgan fingerprint density at radius 2 is 1.80 bits per heavy atom. The van der Waals surface area contributed by atoms with E-state index < -0.39 is 5.60 Å². The number of hydrogen-bond acceptors (Lipinski definition) is 6. The van der Waals surface area contributed by atoms with Gasteiger partial charge in [0.1, 0.15) is 11.4 Å². The molecule has 1 saturated heterocycles. The number of amides is 2. The Hall–Kier alpha value is -3.59. The van der Waals surface area contributed by atoms with Crippen molar-refractivity contribution in [1.29, 1.82) is 0 Å². The van der Waals surface area contributed by atoms with E-state index in [1.807, 2.05) is 31.6 Å². The lowest BCUT2D eigenvalue weighted by molar-refractivity contribution is 0.0184. The number of rotatable bonds is 4. The molecule has 1 fully saturated rings. The highest BCUT2D eigenvalue weighted by atomic mass is 35.5. The molecule has 9 nitrogen and oxygen atoms in total. The smallest absolute Gasteiger partial charge is 0.410 e. The molecule has 0 saturated carbocycles. The Bertz CT molecular complexity index is 1210. The van der Waals surface area contributed by atoms with Gasteiger partial charge >= 0.3 is 6.09 Å². The Morgan fingerprint density at radius 3 is 2.46 bits per heavy atom. The van der Waals surface area contributed by atoms with E-state index in [1.54, 1.807) is 47.6 Å². The molecular formula is C25H29ClN6O3. The first kappa shape index (κ1) is 24.5. The van der Waals surface area contributed by atoms with Crippen LogP contribution in [0.3, 0.4) is 0 Å². The maximum Gasteiger partial charge on any atom is 0.410 e. The maximum absolute atomic E-state index is 12.8. The Kier molecular flexibility index (Phi) is 6.98. The number of halogens is 1. The zero-order valence-corrected chi connectivity index (χ0v) is 20.7. The second kappa shape index (κ2) is 9.95. The third-order valence-electron chi connectivity index (χ3n) is 5.69. The highest BCUT2D eigenvalue weighted by molar-refractivity contribution is 6.30. The van der Waals surface area contributed by atoms with Gasteiger partial charge in [-0.25, -0.2) is 9.78 Å². The van der Waals surface area contributed by atoms with Gasteiger partial charge in [0, 0.05) is 47.3 Å². The molecule has 184 valence electrons. The van der Waals surface area contributed by atoms with Gasteiger partial charge in [-0.2, -0.15) is 5.10 Å². The van der Waals surface area contributed by atoms with E-state index in [0.717, 1.165) is 24.0 Å². The molecule has 1 aromatic carbocycles. The molecule has 1 aliphatic heterocycles. The van der Waals surface area contributed by atoms with Crippen LogP contribution in [0.2, 0.25) is 5.02 Å². The van der Waals surface area contributed by atoms with E-state index in [2.05, 4.69) is 15.4 Å². The number of piperidine rings is 1. The number of nitrogens with two attached hydrogens (primary N) is 1. The number of pyridine rings is 1. The van der Waals surface area contributed by atoms with Gasteiger partial charge in [-0.05, 0) is 63.9 Å². The molecule has 0 spiro atoms. The second-order valence-corrected chi connectivity index (χ2v) is 9.96. The van der Waals surface area contributed by atoms with Crippen molar-refractivity contribution in [1.82, 2.24) is 19.7 Å². The van der Waals surface area contributed by atoms with E-state index in [0.29, 0.717) is 23.8 Å². The zero-order valence-electron chi connectivity index (χ0n) is 20.0. The highest BCUT2D eigenvalue weighted by Gasteiger charge is 2.28. The summed E-state index contributed by atoms with van der Waals surface area (Å²) in [5.41, 5.74) is 7.92. The summed E-state index contributed by atoms with van der Waals surface area (Å²) in [5.74, 6) is -0.219. The molecule has 0 radical (unpaired) electrons. The van der Waals surface area contributed by atoms with Crippen LogP contribution in [0.4, 0.5) is 16.3 Å². The van der Waals surface area contributed by atoms with Crippen molar-refractivity contribution in [3.05, 3.63) is 59.5 Å². The van der Waals surface area contributed by atoms with Gasteiger partial charge in [-0.3, -0.25) is 9.48 Å². The van der Waals surface area contributed by atoms with E-state index in [9.17, 15) is 9.59 Å². The topological polar surface area (TPSA) is 115 Å². The molecule has 1 aliphatic rings. The number of nitrogen functional groups attached to an aromatic ring is 1. The number of hydrogen-bond donors (Lipinski definition) is 2. The van der Waals surface area contributed by atoms with Gasteiger partial charge in [0.2, 0.25) is 0 Å². The summed E-state index contributed by atoms with van der Waals surface area (Å²) >= 11 is 5.91. The number of nitrogens with one attached hydrogen (secondary N) is 1. The van der Waals surface area contributed by atoms with Crippen molar-refractivity contribution in [2.75, 3.05) is 24.1 Å². The van der Waals surface area contributed by atoms with Crippen molar-refractivity contribution < 1.29 is 14.3 Å². The first-order chi connectivity index (χ1) is 16.6. The molecule has 0 atom stereocenters. The van der Waals surface area contributed by atoms with Gasteiger partial charge in [0.15, 0.2) is 0 Å². The van der Waals surface area contributed by atoms with Crippen LogP contribution < -0.4 is 11.1 Å². The van der Waals surface area contributed by atoms with Crippen LogP contribution in [0, 0.1) is 0 Å². The summed E-state index contributed by atoms with van der Waals surface area (Å²) in [6.45, 7) is 6.80. The van der Waals surface area contributed by atoms with Crippen LogP contribution in [0.1, 0.15) is 50.0 Å². The predicted octanol–water partition coefficient (Wildman–Crippen LogP) is 5.01. The summed E-state index contributed by atoms with van der Waals surface area (Å²) < 4.78 is 7.38. The standard InChI is InChI=1S/C25H29ClN6O3/c1-25(2,3)35-24(34)31-10-8-20(9-11-31)32-15-17(14-29-32)16-12-21(22(27)28-13-16)23(33)30-19-6-4-18(26)5-7-19/h4-7,12-15,20H,8-11H2,1-3H3,(H2,27,28)(H,30,33). The van der Waals surface area contributed by atoms with Gasteiger partial charge in [0.05, 0.1) is 17.8 Å². The summed E-state index contributed by atoms with van der Waals surface area (Å²) in [5, 5.41) is 7.92. The minimum absolute atomic E-state index is 0.141. The van der Waals surface area contributed by atoms with Crippen LogP contribution >= 0.6 is 11.6 Å². The van der Waals surface area contributed by atoms with E-state index >= 15 is 0 Å². The number of nitrogens with zero attached hydrogens (tertiary/aromatic N) is 4. The molecule has 0 bridgehead atoms. The van der Waals surface area contributed by atoms with E-state index in [1.165, 1.54) is 0 Å². The van der Waals surface area contributed by atoms with Crippen LogP contribution in [0.5, 0.6) is 0 Å². The first-order valence-electron chi connectivity index (χ1n) is 11.4. The molecule has 3 N–H and O–H groups in total. The second-order valence-electron chi connectivity index (χ2n) is 9.53. The van der Waals surface area contributed by atoms with Crippen LogP contribution in [-0.2, 0) is 4.74 Å². The van der Waals surface area contributed by atoms with Gasteiger partial charge in [-0.1, -0.05) is 11.6 Å². The van der Waals surface area contributed by atoms with Crippen LogP contribution in [0.25, 0.3) is 11.1 Å².